The highest BCUT2D eigenvalue weighted by molar-refractivity contribution is 7.89. The number of nitrogens with zero attached hydrogens (tertiary/aromatic N) is 5. The predicted molar refractivity (Wildman–Crippen MR) is 102 cm³/mol. The molecule has 29 heavy (non-hydrogen) atoms. The lowest BCUT2D eigenvalue weighted by Crippen LogP contribution is -2.28. The Labute approximate surface area is 167 Å². The Balaban J connectivity index is 1.51. The van der Waals surface area contributed by atoms with Gasteiger partial charge in [0.25, 0.3) is 5.91 Å². The minimum atomic E-state index is -3.65. The van der Waals surface area contributed by atoms with E-state index in [0.717, 1.165) is 18.4 Å². The largest absolute Gasteiger partial charge is 0.455 e. The monoisotopic (exact) mass is 416 g/mol. The molecule has 10 nitrogen and oxygen atoms in total. The van der Waals surface area contributed by atoms with E-state index < -0.39 is 15.9 Å². The van der Waals surface area contributed by atoms with Gasteiger partial charge in [-0.3, -0.25) is 4.79 Å². The van der Waals surface area contributed by atoms with Crippen LogP contribution in [0.1, 0.15) is 34.7 Å². The number of carbonyl (C=O) groups excluding carboxylic acids is 1. The van der Waals surface area contributed by atoms with E-state index in [1.54, 1.807) is 25.3 Å². The first-order valence-electron chi connectivity index (χ1n) is 9.14. The Morgan fingerprint density at radius 1 is 1.31 bits per heavy atom. The molecule has 0 atom stereocenters. The van der Waals surface area contributed by atoms with Crippen LogP contribution in [-0.4, -0.2) is 51.5 Å². The molecule has 0 saturated carbocycles. The van der Waals surface area contributed by atoms with Crippen LogP contribution in [0.5, 0.6) is 0 Å². The Morgan fingerprint density at radius 2 is 2.10 bits per heavy atom. The topological polar surface area (TPSA) is 123 Å². The summed E-state index contributed by atoms with van der Waals surface area (Å²) in [7, 11) is -3.65. The lowest BCUT2D eigenvalue weighted by atomic mass is 10.2. The number of hydrogen-bond acceptors (Lipinski definition) is 7. The molecule has 1 amide bonds. The van der Waals surface area contributed by atoms with E-state index in [-0.39, 0.29) is 23.0 Å². The Bertz CT molecular complexity index is 1120. The Kier molecular flexibility index (Phi) is 5.16. The maximum atomic E-state index is 12.8. The van der Waals surface area contributed by atoms with E-state index >= 15 is 0 Å². The zero-order valence-corrected chi connectivity index (χ0v) is 16.6. The van der Waals surface area contributed by atoms with Crippen LogP contribution >= 0.6 is 0 Å². The summed E-state index contributed by atoms with van der Waals surface area (Å²) in [5, 5.41) is 6.79. The third-order valence-corrected chi connectivity index (χ3v) is 6.73. The summed E-state index contributed by atoms with van der Waals surface area (Å²) in [5.41, 5.74) is 0.722. The molecule has 1 aliphatic rings. The van der Waals surface area contributed by atoms with Crippen molar-refractivity contribution in [3.05, 3.63) is 54.1 Å². The SMILES string of the molecule is Cc1oc(C(=O)NCc2cccnc2-n2cncn2)cc1S(=O)(=O)N1CCCC1. The second kappa shape index (κ2) is 7.76. The molecule has 3 aromatic heterocycles. The van der Waals surface area contributed by atoms with E-state index in [4.69, 9.17) is 4.42 Å². The van der Waals surface area contributed by atoms with Gasteiger partial charge in [-0.25, -0.2) is 23.1 Å². The molecule has 1 aliphatic heterocycles. The fraction of sp³-hybridized carbons (Fsp3) is 0.333. The first kappa shape index (κ1) is 19.3. The number of aryl methyl sites for hydroxylation is 1. The third-order valence-electron chi connectivity index (χ3n) is 4.72. The van der Waals surface area contributed by atoms with Crippen molar-refractivity contribution >= 4 is 15.9 Å². The van der Waals surface area contributed by atoms with Crippen LogP contribution in [0, 0.1) is 6.92 Å². The lowest BCUT2D eigenvalue weighted by molar-refractivity contribution is 0.0922. The van der Waals surface area contributed by atoms with Gasteiger partial charge in [0.05, 0.1) is 0 Å². The molecule has 4 heterocycles. The first-order valence-corrected chi connectivity index (χ1v) is 10.6. The number of rotatable bonds is 6. The van der Waals surface area contributed by atoms with Crippen LogP contribution in [0.3, 0.4) is 0 Å². The Morgan fingerprint density at radius 3 is 2.83 bits per heavy atom. The molecular weight excluding hydrogens is 396 g/mol. The van der Waals surface area contributed by atoms with Crippen molar-refractivity contribution in [1.29, 1.82) is 0 Å². The maximum Gasteiger partial charge on any atom is 0.287 e. The van der Waals surface area contributed by atoms with Crippen LogP contribution in [0.2, 0.25) is 0 Å². The minimum Gasteiger partial charge on any atom is -0.455 e. The van der Waals surface area contributed by atoms with Gasteiger partial charge in [-0.2, -0.15) is 9.40 Å². The molecule has 1 saturated heterocycles. The molecule has 0 spiro atoms. The quantitative estimate of drug-likeness (QED) is 0.642. The third kappa shape index (κ3) is 3.78. The van der Waals surface area contributed by atoms with E-state index in [9.17, 15) is 13.2 Å². The number of pyridine rings is 1. The number of furan rings is 1. The number of nitrogens with one attached hydrogen (secondary N) is 1. The molecular formula is C18H20N6O4S. The van der Waals surface area contributed by atoms with Gasteiger partial charge in [0.1, 0.15) is 23.3 Å². The number of hydrogen-bond donors (Lipinski definition) is 1. The molecule has 0 aromatic carbocycles. The fourth-order valence-electron chi connectivity index (χ4n) is 3.26. The standard InChI is InChI=1S/C18H20N6O4S/c1-13-16(29(26,27)23-7-2-3-8-23)9-15(28-13)18(25)21-10-14-5-4-6-20-17(14)24-12-19-11-22-24/h4-6,9,11-12H,2-3,7-8,10H2,1H3,(H,21,25). The van der Waals surface area contributed by atoms with Crippen LogP contribution in [0.25, 0.3) is 5.82 Å². The minimum absolute atomic E-state index is 0.0363. The Hall–Kier alpha value is -3.05. The van der Waals surface area contributed by atoms with Crippen molar-refractivity contribution in [2.24, 2.45) is 0 Å². The van der Waals surface area contributed by atoms with Crippen LogP contribution in [0.4, 0.5) is 0 Å². The fourth-order valence-corrected chi connectivity index (χ4v) is 4.93. The molecule has 0 radical (unpaired) electrons. The van der Waals surface area contributed by atoms with E-state index in [1.165, 1.54) is 27.7 Å². The van der Waals surface area contributed by atoms with Crippen molar-refractivity contribution in [2.45, 2.75) is 31.2 Å². The highest BCUT2D eigenvalue weighted by atomic mass is 32.2. The molecule has 0 unspecified atom stereocenters. The second-order valence-electron chi connectivity index (χ2n) is 6.65. The van der Waals surface area contributed by atoms with Gasteiger partial charge in [-0.1, -0.05) is 6.07 Å². The highest BCUT2D eigenvalue weighted by Gasteiger charge is 2.31. The van der Waals surface area contributed by atoms with Gasteiger partial charge >= 0.3 is 0 Å². The number of carbonyl (C=O) groups is 1. The van der Waals surface area contributed by atoms with E-state index in [0.29, 0.717) is 18.9 Å². The van der Waals surface area contributed by atoms with Gasteiger partial charge in [0.2, 0.25) is 10.0 Å². The van der Waals surface area contributed by atoms with Crippen molar-refractivity contribution < 1.29 is 17.6 Å². The summed E-state index contributed by atoms with van der Waals surface area (Å²) in [4.78, 5) is 20.8. The molecule has 0 aliphatic carbocycles. The molecule has 1 fully saturated rings. The molecule has 1 N–H and O–H groups in total. The average Bonchev–Trinajstić information content (AvgIpc) is 3.47. The maximum absolute atomic E-state index is 12.8. The normalized spacial score (nSPS) is 14.9. The molecule has 0 bridgehead atoms. The summed E-state index contributed by atoms with van der Waals surface area (Å²) < 4.78 is 33.9. The zero-order chi connectivity index (χ0) is 20.4. The second-order valence-corrected chi connectivity index (χ2v) is 8.56. The van der Waals surface area contributed by atoms with Gasteiger partial charge in [-0.05, 0) is 25.8 Å². The van der Waals surface area contributed by atoms with Gasteiger partial charge < -0.3 is 9.73 Å². The number of sulfonamides is 1. The summed E-state index contributed by atoms with van der Waals surface area (Å²) >= 11 is 0. The summed E-state index contributed by atoms with van der Waals surface area (Å²) in [5.74, 6) is 0.181. The molecule has 4 rings (SSSR count). The number of aromatic nitrogens is 4. The average molecular weight is 416 g/mol. The van der Waals surface area contributed by atoms with E-state index in [1.807, 2.05) is 0 Å². The van der Waals surface area contributed by atoms with Gasteiger partial charge in [-0.15, -0.1) is 0 Å². The summed E-state index contributed by atoms with van der Waals surface area (Å²) in [6.45, 7) is 2.68. The highest BCUT2D eigenvalue weighted by Crippen LogP contribution is 2.26. The van der Waals surface area contributed by atoms with Crippen molar-refractivity contribution in [2.75, 3.05) is 13.1 Å². The molecule has 11 heteroatoms. The lowest BCUT2D eigenvalue weighted by Gasteiger charge is -2.14. The zero-order valence-electron chi connectivity index (χ0n) is 15.8. The van der Waals surface area contributed by atoms with Crippen LogP contribution in [-0.2, 0) is 16.6 Å². The summed E-state index contributed by atoms with van der Waals surface area (Å²) in [6, 6.07) is 4.85. The molecule has 152 valence electrons. The van der Waals surface area contributed by atoms with Crippen molar-refractivity contribution in [3.8, 4) is 5.82 Å². The van der Waals surface area contributed by atoms with Crippen LogP contribution in [0.15, 0.2) is 46.4 Å². The molecule has 3 aromatic rings. The number of amides is 1. The van der Waals surface area contributed by atoms with E-state index in [2.05, 4.69) is 20.4 Å². The first-order chi connectivity index (χ1) is 14.0. The van der Waals surface area contributed by atoms with Gasteiger partial charge in [0, 0.05) is 37.5 Å². The van der Waals surface area contributed by atoms with Crippen molar-refractivity contribution in [1.82, 2.24) is 29.4 Å². The predicted octanol–water partition coefficient (Wildman–Crippen LogP) is 1.28. The van der Waals surface area contributed by atoms with Gasteiger partial charge in [0.15, 0.2) is 11.6 Å². The van der Waals surface area contributed by atoms with Crippen molar-refractivity contribution in [3.63, 3.8) is 0 Å². The smallest absolute Gasteiger partial charge is 0.287 e. The summed E-state index contributed by atoms with van der Waals surface area (Å²) in [6.07, 6.45) is 6.20. The van der Waals surface area contributed by atoms with Crippen LogP contribution < -0.4 is 5.32 Å².